The molecule has 2 aliphatic heterocycles. The normalized spacial score (nSPS) is 18.3. The number of rotatable bonds is 5. The first-order valence-electron chi connectivity index (χ1n) is 9.45. The van der Waals surface area contributed by atoms with E-state index in [2.05, 4.69) is 15.6 Å². The summed E-state index contributed by atoms with van der Waals surface area (Å²) in [6, 6.07) is 7.29. The molecule has 4 rings (SSSR count). The van der Waals surface area contributed by atoms with Crippen LogP contribution in [-0.4, -0.2) is 45.5 Å². The Kier molecular flexibility index (Phi) is 5.09. The summed E-state index contributed by atoms with van der Waals surface area (Å²) in [4.78, 5) is 66.5. The second kappa shape index (κ2) is 7.86. The number of piperidine rings is 1. The standard InChI is InChI=1S/C21H18N4O5/c26-16-7-6-15(19(28)24-16)25-20(29)14-5-1-4-13(18(14)21(25)30)11-23-17(27)9-12-3-2-8-22-10-12/h1-5,8,10,15H,6-7,9,11H2,(H,23,27)(H,24,26,28). The fraction of sp³-hybridized carbons (Fsp3) is 0.238. The van der Waals surface area contributed by atoms with Crippen molar-refractivity contribution in [3.8, 4) is 0 Å². The maximum absolute atomic E-state index is 13.0. The van der Waals surface area contributed by atoms with Gasteiger partial charge in [0.25, 0.3) is 11.8 Å². The molecule has 0 saturated carbocycles. The molecule has 152 valence electrons. The van der Waals surface area contributed by atoms with Gasteiger partial charge in [-0.2, -0.15) is 0 Å². The van der Waals surface area contributed by atoms with Gasteiger partial charge in [0, 0.05) is 25.4 Å². The lowest BCUT2D eigenvalue weighted by Crippen LogP contribution is -2.54. The van der Waals surface area contributed by atoms with Gasteiger partial charge >= 0.3 is 0 Å². The number of pyridine rings is 1. The molecule has 0 bridgehead atoms. The van der Waals surface area contributed by atoms with Crippen LogP contribution in [0.2, 0.25) is 0 Å². The summed E-state index contributed by atoms with van der Waals surface area (Å²) >= 11 is 0. The number of nitrogens with one attached hydrogen (secondary N) is 2. The first-order chi connectivity index (χ1) is 14.5. The van der Waals surface area contributed by atoms with Crippen LogP contribution >= 0.6 is 0 Å². The van der Waals surface area contributed by atoms with Crippen LogP contribution in [0.4, 0.5) is 0 Å². The van der Waals surface area contributed by atoms with Crippen LogP contribution in [0.15, 0.2) is 42.7 Å². The van der Waals surface area contributed by atoms with Crippen molar-refractivity contribution < 1.29 is 24.0 Å². The van der Waals surface area contributed by atoms with Crippen LogP contribution < -0.4 is 10.6 Å². The molecule has 0 spiro atoms. The molecule has 9 heteroatoms. The second-order valence-corrected chi connectivity index (χ2v) is 7.10. The summed E-state index contributed by atoms with van der Waals surface area (Å²) in [5, 5.41) is 4.91. The molecule has 0 radical (unpaired) electrons. The van der Waals surface area contributed by atoms with E-state index in [-0.39, 0.29) is 42.8 Å². The summed E-state index contributed by atoms with van der Waals surface area (Å²) in [5.41, 5.74) is 1.60. The molecular weight excluding hydrogens is 388 g/mol. The minimum atomic E-state index is -1.02. The predicted octanol–water partition coefficient (Wildman–Crippen LogP) is 0.342. The van der Waals surface area contributed by atoms with Crippen molar-refractivity contribution in [1.29, 1.82) is 0 Å². The van der Waals surface area contributed by atoms with Crippen LogP contribution in [0.25, 0.3) is 0 Å². The van der Waals surface area contributed by atoms with E-state index < -0.39 is 29.7 Å². The average Bonchev–Trinajstić information content (AvgIpc) is 2.98. The highest BCUT2D eigenvalue weighted by atomic mass is 16.2. The van der Waals surface area contributed by atoms with Crippen molar-refractivity contribution >= 4 is 29.5 Å². The number of aromatic nitrogens is 1. The Balaban J connectivity index is 1.51. The van der Waals surface area contributed by atoms with Gasteiger partial charge in [0.1, 0.15) is 6.04 Å². The minimum Gasteiger partial charge on any atom is -0.352 e. The summed E-state index contributed by atoms with van der Waals surface area (Å²) in [5.74, 6) is -2.51. The van der Waals surface area contributed by atoms with E-state index in [1.165, 1.54) is 6.07 Å². The number of amides is 5. The topological polar surface area (TPSA) is 126 Å². The number of imide groups is 2. The molecule has 1 aromatic carbocycles. The number of hydrogen-bond donors (Lipinski definition) is 2. The Labute approximate surface area is 171 Å². The lowest BCUT2D eigenvalue weighted by molar-refractivity contribution is -0.136. The maximum atomic E-state index is 13.0. The Hall–Kier alpha value is -3.88. The number of benzene rings is 1. The van der Waals surface area contributed by atoms with Gasteiger partial charge in [-0.3, -0.25) is 39.2 Å². The van der Waals surface area contributed by atoms with Crippen LogP contribution in [0.5, 0.6) is 0 Å². The van der Waals surface area contributed by atoms with Crippen molar-refractivity contribution in [3.63, 3.8) is 0 Å². The summed E-state index contributed by atoms with van der Waals surface area (Å²) < 4.78 is 0. The van der Waals surface area contributed by atoms with Gasteiger partial charge in [0.2, 0.25) is 17.7 Å². The zero-order chi connectivity index (χ0) is 21.3. The highest BCUT2D eigenvalue weighted by molar-refractivity contribution is 6.24. The summed E-state index contributed by atoms with van der Waals surface area (Å²) in [7, 11) is 0. The lowest BCUT2D eigenvalue weighted by atomic mass is 10.0. The first kappa shape index (κ1) is 19.4. The molecule has 1 saturated heterocycles. The quantitative estimate of drug-likeness (QED) is 0.690. The summed E-state index contributed by atoms with van der Waals surface area (Å²) in [6.45, 7) is 0.0600. The minimum absolute atomic E-state index is 0.0566. The smallest absolute Gasteiger partial charge is 0.262 e. The highest BCUT2D eigenvalue weighted by Gasteiger charge is 2.45. The second-order valence-electron chi connectivity index (χ2n) is 7.10. The zero-order valence-corrected chi connectivity index (χ0v) is 15.9. The largest absolute Gasteiger partial charge is 0.352 e. The zero-order valence-electron chi connectivity index (χ0n) is 15.9. The third-order valence-corrected chi connectivity index (χ3v) is 5.12. The first-order valence-corrected chi connectivity index (χ1v) is 9.45. The van der Waals surface area contributed by atoms with Gasteiger partial charge in [-0.1, -0.05) is 18.2 Å². The van der Waals surface area contributed by atoms with E-state index in [1.54, 1.807) is 36.7 Å². The lowest BCUT2D eigenvalue weighted by Gasteiger charge is -2.27. The van der Waals surface area contributed by atoms with E-state index in [1.807, 2.05) is 0 Å². The molecule has 0 aliphatic carbocycles. The fourth-order valence-corrected chi connectivity index (χ4v) is 3.68. The number of nitrogens with zero attached hydrogens (tertiary/aromatic N) is 2. The van der Waals surface area contributed by atoms with Crippen LogP contribution in [0, 0.1) is 0 Å². The SMILES string of the molecule is O=C(Cc1cccnc1)NCc1cccc2c1C(=O)N(C1CCC(=O)NC1=O)C2=O. The molecule has 5 amide bonds. The van der Waals surface area contributed by atoms with Gasteiger partial charge in [-0.25, -0.2) is 0 Å². The molecule has 9 nitrogen and oxygen atoms in total. The average molecular weight is 406 g/mol. The molecule has 1 unspecified atom stereocenters. The third kappa shape index (κ3) is 3.57. The Morgan fingerprint density at radius 2 is 1.97 bits per heavy atom. The molecule has 2 N–H and O–H groups in total. The van der Waals surface area contributed by atoms with E-state index in [9.17, 15) is 24.0 Å². The molecular formula is C21H18N4O5. The molecule has 2 aliphatic rings. The van der Waals surface area contributed by atoms with Gasteiger partial charge in [0.15, 0.2) is 0 Å². The highest BCUT2D eigenvalue weighted by Crippen LogP contribution is 2.29. The number of hydrogen-bond acceptors (Lipinski definition) is 6. The van der Waals surface area contributed by atoms with Crippen molar-refractivity contribution in [2.24, 2.45) is 0 Å². The van der Waals surface area contributed by atoms with E-state index in [0.29, 0.717) is 5.56 Å². The third-order valence-electron chi connectivity index (χ3n) is 5.12. The molecule has 1 aromatic heterocycles. The van der Waals surface area contributed by atoms with Gasteiger partial charge in [0.05, 0.1) is 17.5 Å². The van der Waals surface area contributed by atoms with Crippen molar-refractivity contribution in [3.05, 3.63) is 65.0 Å². The molecule has 30 heavy (non-hydrogen) atoms. The van der Waals surface area contributed by atoms with Gasteiger partial charge in [-0.15, -0.1) is 0 Å². The van der Waals surface area contributed by atoms with Crippen LogP contribution in [0.1, 0.15) is 44.7 Å². The fourth-order valence-electron chi connectivity index (χ4n) is 3.68. The van der Waals surface area contributed by atoms with Gasteiger partial charge < -0.3 is 5.32 Å². The monoisotopic (exact) mass is 406 g/mol. The van der Waals surface area contributed by atoms with Crippen molar-refractivity contribution in [2.75, 3.05) is 0 Å². The van der Waals surface area contributed by atoms with Gasteiger partial charge in [-0.05, 0) is 29.7 Å². The Morgan fingerprint density at radius 1 is 1.13 bits per heavy atom. The van der Waals surface area contributed by atoms with Crippen molar-refractivity contribution in [1.82, 2.24) is 20.5 Å². The predicted molar refractivity (Wildman–Crippen MR) is 103 cm³/mol. The maximum Gasteiger partial charge on any atom is 0.262 e. The van der Waals surface area contributed by atoms with E-state index >= 15 is 0 Å². The molecule has 1 fully saturated rings. The number of fused-ring (bicyclic) bond motifs is 1. The van der Waals surface area contributed by atoms with Crippen LogP contribution in [0.3, 0.4) is 0 Å². The van der Waals surface area contributed by atoms with Crippen LogP contribution in [-0.2, 0) is 27.3 Å². The van der Waals surface area contributed by atoms with Crippen molar-refractivity contribution in [2.45, 2.75) is 31.8 Å². The summed E-state index contributed by atoms with van der Waals surface area (Å²) in [6.07, 6.45) is 3.50. The molecule has 3 heterocycles. The van der Waals surface area contributed by atoms with E-state index in [0.717, 1.165) is 10.5 Å². The molecule has 1 atom stereocenters. The number of carbonyl (C=O) groups excluding carboxylic acids is 5. The number of carbonyl (C=O) groups is 5. The molecule has 2 aromatic rings. The Bertz CT molecular complexity index is 1070. The Morgan fingerprint density at radius 3 is 2.70 bits per heavy atom. The van der Waals surface area contributed by atoms with E-state index in [4.69, 9.17) is 0 Å².